The number of hydrogen-bond donors (Lipinski definition) is 2. The average molecular weight is 534 g/mol. The van der Waals surface area contributed by atoms with Crippen LogP contribution in [0.5, 0.6) is 5.75 Å². The molecule has 1 heterocycles. The summed E-state index contributed by atoms with van der Waals surface area (Å²) in [6.45, 7) is 2.96. The number of alkyl halides is 3. The number of carbonyl (C=O) groups is 3. The number of carbonyl (C=O) groups excluding carboxylic acids is 3. The van der Waals surface area contributed by atoms with E-state index in [0.29, 0.717) is 51.1 Å². The molecule has 2 aromatic rings. The van der Waals surface area contributed by atoms with E-state index in [2.05, 4.69) is 15.4 Å². The Morgan fingerprint density at radius 3 is 2.26 bits per heavy atom. The maximum Gasteiger partial charge on any atom is 0.573 e. The molecule has 1 saturated carbocycles. The number of ether oxygens (including phenoxy) is 2. The lowest BCUT2D eigenvalue weighted by Gasteiger charge is -2.43. The van der Waals surface area contributed by atoms with E-state index in [1.807, 2.05) is 0 Å². The Kier molecular flexibility index (Phi) is 8.13. The van der Waals surface area contributed by atoms with Gasteiger partial charge in [0.15, 0.2) is 0 Å². The Morgan fingerprint density at radius 2 is 1.68 bits per heavy atom. The fourth-order valence-corrected chi connectivity index (χ4v) is 4.82. The van der Waals surface area contributed by atoms with Crippen LogP contribution in [0.1, 0.15) is 54.9 Å². The minimum Gasteiger partial charge on any atom is -0.450 e. The van der Waals surface area contributed by atoms with E-state index < -0.39 is 23.6 Å². The Labute approximate surface area is 218 Å². The molecular weight excluding hydrogens is 503 g/mol. The topological polar surface area (TPSA) is 97.0 Å². The molecule has 204 valence electrons. The number of benzene rings is 2. The number of rotatable bonds is 7. The number of nitrogens with one attached hydrogen (secondary N) is 2. The van der Waals surface area contributed by atoms with Gasteiger partial charge in [0.05, 0.1) is 17.7 Å². The molecule has 1 aliphatic carbocycles. The molecule has 0 bridgehead atoms. The number of halogens is 3. The fourth-order valence-electron chi connectivity index (χ4n) is 4.82. The maximum absolute atomic E-state index is 13.0. The first-order valence-corrected chi connectivity index (χ1v) is 12.6. The van der Waals surface area contributed by atoms with Gasteiger partial charge < -0.3 is 25.0 Å². The highest BCUT2D eigenvalue weighted by Gasteiger charge is 2.41. The number of nitrogens with zero attached hydrogens (tertiary/aromatic N) is 1. The largest absolute Gasteiger partial charge is 0.573 e. The summed E-state index contributed by atoms with van der Waals surface area (Å²) in [6, 6.07) is 12.3. The van der Waals surface area contributed by atoms with Crippen molar-refractivity contribution in [2.45, 2.75) is 50.9 Å². The molecule has 1 saturated heterocycles. The maximum atomic E-state index is 13.0. The van der Waals surface area contributed by atoms with E-state index in [4.69, 9.17) is 4.74 Å². The zero-order valence-electron chi connectivity index (χ0n) is 21.0. The zero-order valence-corrected chi connectivity index (χ0v) is 21.0. The lowest BCUT2D eigenvalue weighted by Crippen LogP contribution is -2.50. The third-order valence-electron chi connectivity index (χ3n) is 7.01. The number of anilines is 1. The van der Waals surface area contributed by atoms with Crippen LogP contribution in [-0.2, 0) is 15.1 Å². The highest BCUT2D eigenvalue weighted by molar-refractivity contribution is 5.97. The first-order chi connectivity index (χ1) is 18.1. The predicted octanol–water partition coefficient (Wildman–Crippen LogP) is 5.20. The number of para-hydroxylation sites is 1. The highest BCUT2D eigenvalue weighted by Crippen LogP contribution is 2.42. The minimum absolute atomic E-state index is 0.130. The van der Waals surface area contributed by atoms with Gasteiger partial charge >= 0.3 is 12.5 Å². The molecule has 38 heavy (non-hydrogen) atoms. The normalized spacial score (nSPS) is 17.2. The first kappa shape index (κ1) is 27.3. The fraction of sp³-hybridized carbons (Fsp3) is 0.444. The molecule has 0 atom stereocenters. The molecule has 0 unspecified atom stereocenters. The molecular formula is C27H30F3N3O5. The van der Waals surface area contributed by atoms with Gasteiger partial charge in [-0.3, -0.25) is 9.59 Å². The summed E-state index contributed by atoms with van der Waals surface area (Å²) in [6.07, 6.45) is -2.09. The summed E-state index contributed by atoms with van der Waals surface area (Å²) in [5.41, 5.74) is 0.475. The number of amides is 3. The van der Waals surface area contributed by atoms with Crippen LogP contribution >= 0.6 is 0 Å². The van der Waals surface area contributed by atoms with Crippen LogP contribution < -0.4 is 15.4 Å². The zero-order chi connectivity index (χ0) is 27.3. The van der Waals surface area contributed by atoms with Crippen molar-refractivity contribution in [1.29, 1.82) is 0 Å². The van der Waals surface area contributed by atoms with Gasteiger partial charge in [-0.2, -0.15) is 0 Å². The minimum atomic E-state index is -4.91. The van der Waals surface area contributed by atoms with Crippen molar-refractivity contribution in [2.75, 3.05) is 25.0 Å². The lowest BCUT2D eigenvalue weighted by atomic mass is 9.71. The van der Waals surface area contributed by atoms with Crippen LogP contribution in [-0.4, -0.2) is 48.9 Å². The van der Waals surface area contributed by atoms with Crippen LogP contribution in [0.15, 0.2) is 48.5 Å². The lowest BCUT2D eigenvalue weighted by molar-refractivity contribution is -0.274. The molecule has 2 fully saturated rings. The van der Waals surface area contributed by atoms with Gasteiger partial charge in [-0.1, -0.05) is 24.3 Å². The second-order valence-electron chi connectivity index (χ2n) is 9.46. The Hall–Kier alpha value is -3.76. The average Bonchev–Trinajstić information content (AvgIpc) is 2.86. The number of hydrogen-bond acceptors (Lipinski definition) is 5. The van der Waals surface area contributed by atoms with Gasteiger partial charge in [0.2, 0.25) is 5.91 Å². The van der Waals surface area contributed by atoms with Crippen molar-refractivity contribution in [3.8, 4) is 5.75 Å². The second-order valence-corrected chi connectivity index (χ2v) is 9.46. The van der Waals surface area contributed by atoms with Gasteiger partial charge in [0, 0.05) is 24.7 Å². The summed E-state index contributed by atoms with van der Waals surface area (Å²) in [5, 5.41) is 5.81. The molecule has 0 radical (unpaired) electrons. The molecule has 2 aliphatic rings. The molecule has 0 spiro atoms. The van der Waals surface area contributed by atoms with Gasteiger partial charge in [-0.25, -0.2) is 4.79 Å². The van der Waals surface area contributed by atoms with E-state index >= 15 is 0 Å². The molecule has 8 nitrogen and oxygen atoms in total. The number of piperidine rings is 1. The van der Waals surface area contributed by atoms with E-state index in [0.717, 1.165) is 18.1 Å². The van der Waals surface area contributed by atoms with Crippen LogP contribution in [0.25, 0.3) is 0 Å². The first-order valence-electron chi connectivity index (χ1n) is 12.6. The van der Waals surface area contributed by atoms with Gasteiger partial charge in [-0.15, -0.1) is 13.2 Å². The predicted molar refractivity (Wildman–Crippen MR) is 133 cm³/mol. The molecule has 1 aliphatic heterocycles. The van der Waals surface area contributed by atoms with Gasteiger partial charge in [0.1, 0.15) is 5.75 Å². The monoisotopic (exact) mass is 533 g/mol. The van der Waals surface area contributed by atoms with E-state index in [1.165, 1.54) is 18.2 Å². The van der Waals surface area contributed by atoms with Gasteiger partial charge in [0.25, 0.3) is 5.91 Å². The standard InChI is InChI=1S/C27H30F3N3O5/c1-2-37-25(36)33-16-12-18(13-17-33)23(34)31-20-10-8-19(9-11-20)26(14-5-15-26)32-24(35)21-6-3-4-7-22(21)38-27(28,29)30/h3-4,6-11,18H,2,5,12-17H2,1H3,(H,31,34)(H,32,35). The van der Waals surface area contributed by atoms with E-state index in [9.17, 15) is 27.6 Å². The molecule has 2 aromatic carbocycles. The summed E-state index contributed by atoms with van der Waals surface area (Å²) in [7, 11) is 0. The molecule has 0 aromatic heterocycles. The van der Waals surface area contributed by atoms with Crippen molar-refractivity contribution in [3.63, 3.8) is 0 Å². The number of likely N-dealkylation sites (tertiary alicyclic amines) is 1. The quantitative estimate of drug-likeness (QED) is 0.510. The van der Waals surface area contributed by atoms with Gasteiger partial charge in [-0.05, 0) is 68.9 Å². The van der Waals surface area contributed by atoms with Crippen molar-refractivity contribution < 1.29 is 37.0 Å². The summed E-state index contributed by atoms with van der Waals surface area (Å²) >= 11 is 0. The third-order valence-corrected chi connectivity index (χ3v) is 7.01. The third kappa shape index (κ3) is 6.38. The van der Waals surface area contributed by atoms with Crippen molar-refractivity contribution in [1.82, 2.24) is 10.2 Å². The summed E-state index contributed by atoms with van der Waals surface area (Å²) in [5.74, 6) is -1.57. The van der Waals surface area contributed by atoms with Crippen molar-refractivity contribution in [2.24, 2.45) is 5.92 Å². The van der Waals surface area contributed by atoms with Crippen LogP contribution in [0.2, 0.25) is 0 Å². The Balaban J connectivity index is 1.38. The van der Waals surface area contributed by atoms with Crippen LogP contribution in [0.3, 0.4) is 0 Å². The van der Waals surface area contributed by atoms with Crippen molar-refractivity contribution >= 4 is 23.6 Å². The SMILES string of the molecule is CCOC(=O)N1CCC(C(=O)Nc2ccc(C3(NC(=O)c4ccccc4OC(F)(F)F)CCC3)cc2)CC1. The van der Waals surface area contributed by atoms with Crippen LogP contribution in [0.4, 0.5) is 23.7 Å². The molecule has 11 heteroatoms. The molecule has 2 N–H and O–H groups in total. The molecule has 4 rings (SSSR count). The summed E-state index contributed by atoms with van der Waals surface area (Å²) in [4.78, 5) is 39.2. The molecule has 3 amide bonds. The smallest absolute Gasteiger partial charge is 0.450 e. The van der Waals surface area contributed by atoms with Crippen molar-refractivity contribution in [3.05, 3.63) is 59.7 Å². The van der Waals surface area contributed by atoms with Crippen LogP contribution in [0, 0.1) is 5.92 Å². The van der Waals surface area contributed by atoms with E-state index in [-0.39, 0.29) is 23.5 Å². The Morgan fingerprint density at radius 1 is 1.03 bits per heavy atom. The summed E-state index contributed by atoms with van der Waals surface area (Å²) < 4.78 is 47.4. The Bertz CT molecular complexity index is 1160. The second kappa shape index (κ2) is 11.3. The highest BCUT2D eigenvalue weighted by atomic mass is 19.4. The van der Waals surface area contributed by atoms with E-state index in [1.54, 1.807) is 36.1 Å².